The molecule has 0 spiro atoms. The van der Waals surface area contributed by atoms with Crippen LogP contribution in [0.15, 0.2) is 30.5 Å². The van der Waals surface area contributed by atoms with E-state index in [-0.39, 0.29) is 17.0 Å². The molecule has 116 valence electrons. The van der Waals surface area contributed by atoms with Gasteiger partial charge in [-0.05, 0) is 45.9 Å². The number of amides is 1. The first kappa shape index (κ1) is 15.8. The monoisotopic (exact) mass is 301 g/mol. The number of hydrogen-bond acceptors (Lipinski definition) is 3. The number of hydrogen-bond donors (Lipinski definition) is 2. The summed E-state index contributed by atoms with van der Waals surface area (Å²) in [5, 5.41) is 15.9. The predicted octanol–water partition coefficient (Wildman–Crippen LogP) is 2.90. The Hall–Kier alpha value is -2.63. The number of rotatable bonds is 3. The topological polar surface area (TPSA) is 84.2 Å². The normalized spacial score (nSPS) is 11.3. The van der Waals surface area contributed by atoms with Gasteiger partial charge in [0.05, 0.1) is 22.9 Å². The molecule has 0 bridgehead atoms. The number of nitrogens with zero attached hydrogens (tertiary/aromatic N) is 2. The van der Waals surface area contributed by atoms with Crippen molar-refractivity contribution in [2.24, 2.45) is 0 Å². The van der Waals surface area contributed by atoms with Crippen LogP contribution >= 0.6 is 0 Å². The molecule has 2 aromatic rings. The molecule has 2 N–H and O–H groups in total. The van der Waals surface area contributed by atoms with Crippen molar-refractivity contribution in [2.75, 3.05) is 5.32 Å². The fourth-order valence-corrected chi connectivity index (χ4v) is 2.24. The summed E-state index contributed by atoms with van der Waals surface area (Å²) in [6.45, 7) is 7.85. The minimum atomic E-state index is -1.03. The number of carbonyl (C=O) groups excluding carboxylic acids is 1. The van der Waals surface area contributed by atoms with Crippen molar-refractivity contribution in [1.29, 1.82) is 0 Å². The summed E-state index contributed by atoms with van der Waals surface area (Å²) in [5.74, 6) is -1.34. The number of carboxylic acids is 1. The zero-order chi connectivity index (χ0) is 16.5. The molecule has 0 radical (unpaired) electrons. The van der Waals surface area contributed by atoms with Crippen molar-refractivity contribution in [3.8, 4) is 0 Å². The molecule has 1 aromatic carbocycles. The van der Waals surface area contributed by atoms with Crippen LogP contribution in [0.5, 0.6) is 0 Å². The second-order valence-electron chi connectivity index (χ2n) is 6.07. The molecular weight excluding hydrogens is 282 g/mol. The molecule has 0 aliphatic carbocycles. The highest BCUT2D eigenvalue weighted by atomic mass is 16.4. The number of carboxylic acid groups (broad SMARTS) is 1. The molecule has 0 fully saturated rings. The third-order valence-corrected chi connectivity index (χ3v) is 3.26. The van der Waals surface area contributed by atoms with Gasteiger partial charge in [0.1, 0.15) is 0 Å². The van der Waals surface area contributed by atoms with Gasteiger partial charge in [-0.25, -0.2) is 4.79 Å². The first-order valence-corrected chi connectivity index (χ1v) is 6.90. The molecule has 0 saturated heterocycles. The van der Waals surface area contributed by atoms with E-state index in [1.165, 1.54) is 18.3 Å². The Morgan fingerprint density at radius 1 is 1.27 bits per heavy atom. The maximum absolute atomic E-state index is 12.3. The van der Waals surface area contributed by atoms with E-state index < -0.39 is 5.97 Å². The Kier molecular flexibility index (Phi) is 4.03. The lowest BCUT2D eigenvalue weighted by molar-refractivity contribution is 0.0696. The van der Waals surface area contributed by atoms with Gasteiger partial charge in [-0.15, -0.1) is 0 Å². The molecule has 0 saturated carbocycles. The van der Waals surface area contributed by atoms with Gasteiger partial charge >= 0.3 is 5.97 Å². The van der Waals surface area contributed by atoms with Crippen molar-refractivity contribution in [1.82, 2.24) is 9.78 Å². The van der Waals surface area contributed by atoms with Gasteiger partial charge in [0.2, 0.25) is 0 Å². The van der Waals surface area contributed by atoms with Crippen molar-refractivity contribution in [3.05, 3.63) is 47.3 Å². The van der Waals surface area contributed by atoms with E-state index in [0.29, 0.717) is 11.3 Å². The van der Waals surface area contributed by atoms with E-state index in [0.717, 1.165) is 5.69 Å². The van der Waals surface area contributed by atoms with Gasteiger partial charge < -0.3 is 10.4 Å². The summed E-state index contributed by atoms with van der Waals surface area (Å²) >= 11 is 0. The minimum Gasteiger partial charge on any atom is -0.478 e. The maximum atomic E-state index is 12.3. The fraction of sp³-hybridized carbons (Fsp3) is 0.312. The van der Waals surface area contributed by atoms with E-state index in [1.54, 1.807) is 16.8 Å². The summed E-state index contributed by atoms with van der Waals surface area (Å²) < 4.78 is 1.79. The largest absolute Gasteiger partial charge is 0.478 e. The highest BCUT2D eigenvalue weighted by Gasteiger charge is 2.21. The summed E-state index contributed by atoms with van der Waals surface area (Å²) in [4.78, 5) is 23.3. The number of anilines is 1. The van der Waals surface area contributed by atoms with Gasteiger partial charge in [-0.2, -0.15) is 5.10 Å². The number of aromatic nitrogens is 2. The van der Waals surface area contributed by atoms with Crippen molar-refractivity contribution in [2.45, 2.75) is 33.2 Å². The number of carbonyl (C=O) groups is 2. The molecule has 0 unspecified atom stereocenters. The third-order valence-electron chi connectivity index (χ3n) is 3.26. The zero-order valence-corrected chi connectivity index (χ0v) is 13.0. The van der Waals surface area contributed by atoms with Crippen LogP contribution in [0.4, 0.5) is 5.69 Å². The smallest absolute Gasteiger partial charge is 0.335 e. The maximum Gasteiger partial charge on any atom is 0.335 e. The van der Waals surface area contributed by atoms with E-state index >= 15 is 0 Å². The van der Waals surface area contributed by atoms with E-state index in [9.17, 15) is 9.59 Å². The summed E-state index contributed by atoms with van der Waals surface area (Å²) in [5.41, 5.74) is 1.58. The zero-order valence-electron chi connectivity index (χ0n) is 13.0. The molecule has 0 aliphatic heterocycles. The average Bonchev–Trinajstić information content (AvgIpc) is 2.80. The van der Waals surface area contributed by atoms with E-state index in [1.807, 2.05) is 27.7 Å². The van der Waals surface area contributed by atoms with Gasteiger partial charge in [0.15, 0.2) is 0 Å². The third kappa shape index (κ3) is 3.16. The van der Waals surface area contributed by atoms with Gasteiger partial charge in [-0.3, -0.25) is 9.48 Å². The second-order valence-corrected chi connectivity index (χ2v) is 6.07. The number of benzene rings is 1. The Morgan fingerprint density at radius 3 is 2.50 bits per heavy atom. The molecule has 1 aromatic heterocycles. The molecule has 1 heterocycles. The predicted molar refractivity (Wildman–Crippen MR) is 83.3 cm³/mol. The van der Waals surface area contributed by atoms with Crippen LogP contribution in [0.2, 0.25) is 0 Å². The Bertz CT molecular complexity index is 726. The number of nitrogens with one attached hydrogen (secondary N) is 1. The molecule has 6 nitrogen and oxygen atoms in total. The van der Waals surface area contributed by atoms with Crippen molar-refractivity contribution in [3.63, 3.8) is 0 Å². The van der Waals surface area contributed by atoms with Crippen LogP contribution < -0.4 is 5.32 Å². The van der Waals surface area contributed by atoms with Crippen molar-refractivity contribution < 1.29 is 14.7 Å². The summed E-state index contributed by atoms with van der Waals surface area (Å²) in [6.07, 6.45) is 1.52. The molecule has 2 rings (SSSR count). The Balaban J connectivity index is 2.25. The fourth-order valence-electron chi connectivity index (χ4n) is 2.24. The van der Waals surface area contributed by atoms with Gasteiger partial charge in [0.25, 0.3) is 5.91 Å². The minimum absolute atomic E-state index is 0.125. The van der Waals surface area contributed by atoms with E-state index in [2.05, 4.69) is 10.4 Å². The molecule has 0 aliphatic rings. The Morgan fingerprint density at radius 2 is 1.95 bits per heavy atom. The lowest BCUT2D eigenvalue weighted by Crippen LogP contribution is -2.25. The molecular formula is C16H19N3O3. The lowest BCUT2D eigenvalue weighted by Gasteiger charge is -2.21. The van der Waals surface area contributed by atoms with Gasteiger partial charge in [0, 0.05) is 11.4 Å². The quantitative estimate of drug-likeness (QED) is 0.913. The lowest BCUT2D eigenvalue weighted by atomic mass is 10.1. The SMILES string of the molecule is Cc1c(C(=O)Nc2cccc(C(=O)O)c2)cnn1C(C)(C)C. The van der Waals surface area contributed by atoms with Crippen molar-refractivity contribution >= 4 is 17.6 Å². The molecule has 1 amide bonds. The molecule has 22 heavy (non-hydrogen) atoms. The number of aromatic carboxylic acids is 1. The average molecular weight is 301 g/mol. The standard InChI is InChI=1S/C16H19N3O3/c1-10-13(9-17-19(10)16(2,3)4)14(20)18-12-7-5-6-11(8-12)15(21)22/h5-9H,1-4H3,(H,18,20)(H,21,22). The summed E-state index contributed by atoms with van der Waals surface area (Å²) in [6, 6.07) is 6.13. The van der Waals surface area contributed by atoms with Crippen LogP contribution in [0, 0.1) is 6.92 Å². The van der Waals surface area contributed by atoms with Crippen LogP contribution in [0.25, 0.3) is 0 Å². The van der Waals surface area contributed by atoms with Crippen LogP contribution in [0.1, 0.15) is 47.2 Å². The van der Waals surface area contributed by atoms with Crippen LogP contribution in [0.3, 0.4) is 0 Å². The highest BCUT2D eigenvalue weighted by molar-refractivity contribution is 6.05. The van der Waals surface area contributed by atoms with Crippen LogP contribution in [-0.4, -0.2) is 26.8 Å². The van der Waals surface area contributed by atoms with Crippen LogP contribution in [-0.2, 0) is 5.54 Å². The first-order valence-electron chi connectivity index (χ1n) is 6.90. The first-order chi connectivity index (χ1) is 10.2. The Labute approximate surface area is 128 Å². The highest BCUT2D eigenvalue weighted by Crippen LogP contribution is 2.19. The van der Waals surface area contributed by atoms with E-state index in [4.69, 9.17) is 5.11 Å². The van der Waals surface area contributed by atoms with Gasteiger partial charge in [-0.1, -0.05) is 6.07 Å². The molecule has 0 atom stereocenters. The summed E-state index contributed by atoms with van der Waals surface area (Å²) in [7, 11) is 0. The second kappa shape index (κ2) is 5.63. The molecule has 6 heteroatoms.